The number of rotatable bonds is 5. The van der Waals surface area contributed by atoms with Crippen LogP contribution in [-0.2, 0) is 0 Å². The van der Waals surface area contributed by atoms with Crippen LogP contribution in [0.15, 0.2) is 48.5 Å². The van der Waals surface area contributed by atoms with Crippen molar-refractivity contribution in [2.45, 2.75) is 19.9 Å². The van der Waals surface area contributed by atoms with Crippen LogP contribution in [0, 0.1) is 0 Å². The minimum Gasteiger partial charge on any atom is -0.383 e. The molecule has 3 aromatic rings. The zero-order valence-electron chi connectivity index (χ0n) is 13.9. The summed E-state index contributed by atoms with van der Waals surface area (Å²) in [6.07, 6.45) is 0. The summed E-state index contributed by atoms with van der Waals surface area (Å²) in [5.74, 6) is 0.412. The van der Waals surface area contributed by atoms with Crippen molar-refractivity contribution in [1.82, 2.24) is 15.2 Å². The first-order valence-electron chi connectivity index (χ1n) is 7.88. The largest absolute Gasteiger partial charge is 0.383 e. The Kier molecular flexibility index (Phi) is 5.00. The van der Waals surface area contributed by atoms with Gasteiger partial charge in [-0.2, -0.15) is 4.98 Å². The van der Waals surface area contributed by atoms with E-state index >= 15 is 0 Å². The Morgan fingerprint density at radius 2 is 1.96 bits per heavy atom. The van der Waals surface area contributed by atoms with Crippen LogP contribution in [-0.4, -0.2) is 27.1 Å². The van der Waals surface area contributed by atoms with Gasteiger partial charge in [-0.1, -0.05) is 29.8 Å². The first-order chi connectivity index (χ1) is 12.0. The number of carbonyl (C=O) groups excluding carboxylic acids is 1. The van der Waals surface area contributed by atoms with Gasteiger partial charge in [0.25, 0.3) is 5.91 Å². The maximum absolute atomic E-state index is 12.4. The monoisotopic (exact) mass is 355 g/mol. The Morgan fingerprint density at radius 1 is 1.16 bits per heavy atom. The second-order valence-electron chi connectivity index (χ2n) is 5.82. The standard InChI is InChI=1S/C18H18ClN5O/c1-11(2)20-13-7-5-6-12(10-13)17(25)22-18-21-16(23-24-18)14-8-3-4-9-15(14)19/h3-11,20H,1-2H3,(H2,21,22,23,24,25). The molecule has 3 rings (SSSR count). The molecule has 3 N–H and O–H groups in total. The molecule has 1 aromatic heterocycles. The Labute approximate surface area is 150 Å². The van der Waals surface area contributed by atoms with Gasteiger partial charge in [0.05, 0.1) is 5.02 Å². The molecular formula is C18H18ClN5O. The highest BCUT2D eigenvalue weighted by molar-refractivity contribution is 6.33. The van der Waals surface area contributed by atoms with E-state index in [4.69, 9.17) is 11.6 Å². The molecule has 0 atom stereocenters. The van der Waals surface area contributed by atoms with Crippen LogP contribution in [0.2, 0.25) is 5.02 Å². The lowest BCUT2D eigenvalue weighted by molar-refractivity contribution is 0.102. The number of benzene rings is 2. The minimum absolute atomic E-state index is 0.196. The SMILES string of the molecule is CC(C)Nc1cccc(C(=O)Nc2n[nH]c(-c3ccccc3Cl)n2)c1. The lowest BCUT2D eigenvalue weighted by Crippen LogP contribution is -2.14. The van der Waals surface area contributed by atoms with Crippen LogP contribution < -0.4 is 10.6 Å². The van der Waals surface area contributed by atoms with Gasteiger partial charge in [0.1, 0.15) is 0 Å². The molecule has 0 saturated heterocycles. The maximum atomic E-state index is 12.4. The van der Waals surface area contributed by atoms with E-state index in [9.17, 15) is 4.79 Å². The molecule has 1 amide bonds. The van der Waals surface area contributed by atoms with Crippen molar-refractivity contribution >= 4 is 29.1 Å². The number of H-pyrrole nitrogens is 1. The number of aromatic nitrogens is 3. The first-order valence-corrected chi connectivity index (χ1v) is 8.26. The van der Waals surface area contributed by atoms with Gasteiger partial charge >= 0.3 is 0 Å². The molecule has 0 bridgehead atoms. The van der Waals surface area contributed by atoms with Crippen molar-refractivity contribution in [2.75, 3.05) is 10.6 Å². The van der Waals surface area contributed by atoms with E-state index in [1.165, 1.54) is 0 Å². The number of nitrogens with one attached hydrogen (secondary N) is 3. The van der Waals surface area contributed by atoms with Crippen molar-refractivity contribution in [1.29, 1.82) is 0 Å². The lowest BCUT2D eigenvalue weighted by atomic mass is 10.2. The van der Waals surface area contributed by atoms with Crippen molar-refractivity contribution in [3.8, 4) is 11.4 Å². The summed E-state index contributed by atoms with van der Waals surface area (Å²) in [6.45, 7) is 4.08. The highest BCUT2D eigenvalue weighted by Gasteiger charge is 2.12. The van der Waals surface area contributed by atoms with Crippen LogP contribution >= 0.6 is 11.6 Å². The van der Waals surface area contributed by atoms with Crippen LogP contribution in [0.4, 0.5) is 11.6 Å². The third kappa shape index (κ3) is 4.16. The number of nitrogens with zero attached hydrogens (tertiary/aromatic N) is 2. The molecule has 6 nitrogen and oxygen atoms in total. The van der Waals surface area contributed by atoms with E-state index < -0.39 is 0 Å². The smallest absolute Gasteiger partial charge is 0.258 e. The van der Waals surface area contributed by atoms with Gasteiger partial charge < -0.3 is 5.32 Å². The van der Waals surface area contributed by atoms with Crippen molar-refractivity contribution < 1.29 is 4.79 Å². The molecule has 0 aliphatic rings. The molecule has 1 heterocycles. The molecule has 0 spiro atoms. The van der Waals surface area contributed by atoms with Gasteiger partial charge in [0, 0.05) is 22.9 Å². The Hall–Kier alpha value is -2.86. The zero-order valence-corrected chi connectivity index (χ0v) is 14.6. The lowest BCUT2D eigenvalue weighted by Gasteiger charge is -2.10. The molecule has 25 heavy (non-hydrogen) atoms. The summed E-state index contributed by atoms with van der Waals surface area (Å²) in [5, 5.41) is 13.3. The van der Waals surface area contributed by atoms with Crippen molar-refractivity contribution in [3.05, 3.63) is 59.1 Å². The fourth-order valence-corrected chi connectivity index (χ4v) is 2.57. The maximum Gasteiger partial charge on any atom is 0.258 e. The second kappa shape index (κ2) is 7.36. The normalized spacial score (nSPS) is 10.7. The van der Waals surface area contributed by atoms with Crippen LogP contribution in [0.25, 0.3) is 11.4 Å². The van der Waals surface area contributed by atoms with Gasteiger partial charge in [0.2, 0.25) is 5.95 Å². The summed E-state index contributed by atoms with van der Waals surface area (Å²) in [4.78, 5) is 16.7. The summed E-state index contributed by atoms with van der Waals surface area (Å²) in [7, 11) is 0. The second-order valence-corrected chi connectivity index (χ2v) is 6.23. The van der Waals surface area contributed by atoms with Gasteiger partial charge in [0.15, 0.2) is 5.82 Å². The average Bonchev–Trinajstić information content (AvgIpc) is 3.03. The Morgan fingerprint density at radius 3 is 2.72 bits per heavy atom. The predicted octanol–water partition coefficient (Wildman–Crippen LogP) is 4.20. The van der Waals surface area contributed by atoms with Crippen LogP contribution in [0.1, 0.15) is 24.2 Å². The summed E-state index contributed by atoms with van der Waals surface area (Å²) in [6, 6.07) is 14.8. The molecule has 0 aliphatic carbocycles. The number of halogens is 1. The van der Waals surface area contributed by atoms with E-state index in [1.807, 2.05) is 44.2 Å². The third-order valence-corrected chi connectivity index (χ3v) is 3.75. The van der Waals surface area contributed by atoms with Gasteiger partial charge in [-0.15, -0.1) is 5.10 Å². The Bertz CT molecular complexity index is 890. The number of hydrogen-bond acceptors (Lipinski definition) is 4. The topological polar surface area (TPSA) is 82.7 Å². The third-order valence-electron chi connectivity index (χ3n) is 3.42. The highest BCUT2D eigenvalue weighted by atomic mass is 35.5. The minimum atomic E-state index is -0.280. The molecule has 0 radical (unpaired) electrons. The number of carbonyl (C=O) groups is 1. The van der Waals surface area contributed by atoms with E-state index in [-0.39, 0.29) is 17.9 Å². The predicted molar refractivity (Wildman–Crippen MR) is 100.0 cm³/mol. The van der Waals surface area contributed by atoms with Crippen molar-refractivity contribution in [3.63, 3.8) is 0 Å². The summed E-state index contributed by atoms with van der Waals surface area (Å²) < 4.78 is 0. The van der Waals surface area contributed by atoms with E-state index in [2.05, 4.69) is 25.8 Å². The highest BCUT2D eigenvalue weighted by Crippen LogP contribution is 2.25. The van der Waals surface area contributed by atoms with Crippen molar-refractivity contribution in [2.24, 2.45) is 0 Å². The molecule has 0 aliphatic heterocycles. The van der Waals surface area contributed by atoms with Gasteiger partial charge in [-0.3, -0.25) is 15.2 Å². The molecule has 2 aromatic carbocycles. The molecule has 0 saturated carbocycles. The average molecular weight is 356 g/mol. The van der Waals surface area contributed by atoms with Crippen LogP contribution in [0.5, 0.6) is 0 Å². The van der Waals surface area contributed by atoms with E-state index in [1.54, 1.807) is 18.2 Å². The van der Waals surface area contributed by atoms with E-state index in [0.717, 1.165) is 11.3 Å². The molecule has 7 heteroatoms. The van der Waals surface area contributed by atoms with E-state index in [0.29, 0.717) is 16.4 Å². The summed E-state index contributed by atoms with van der Waals surface area (Å²) in [5.41, 5.74) is 2.13. The molecular weight excluding hydrogens is 338 g/mol. The Balaban J connectivity index is 1.75. The van der Waals surface area contributed by atoms with Gasteiger partial charge in [-0.25, -0.2) is 0 Å². The van der Waals surface area contributed by atoms with Crippen LogP contribution in [0.3, 0.4) is 0 Å². The summed E-state index contributed by atoms with van der Waals surface area (Å²) >= 11 is 6.15. The molecule has 0 unspecified atom stereocenters. The number of aromatic amines is 1. The van der Waals surface area contributed by atoms with Gasteiger partial charge in [-0.05, 0) is 44.2 Å². The molecule has 0 fully saturated rings. The number of amides is 1. The number of anilines is 2. The quantitative estimate of drug-likeness (QED) is 0.640. The zero-order chi connectivity index (χ0) is 17.8. The fourth-order valence-electron chi connectivity index (χ4n) is 2.35. The fraction of sp³-hybridized carbons (Fsp3) is 0.167. The number of hydrogen-bond donors (Lipinski definition) is 3. The first kappa shape index (κ1) is 17.0. The molecule has 128 valence electrons.